The Balaban J connectivity index is 1.88. The molecule has 0 bridgehead atoms. The first-order chi connectivity index (χ1) is 11.8. The quantitative estimate of drug-likeness (QED) is 0.770. The number of nitrogens with zero attached hydrogens (tertiary/aromatic N) is 2. The summed E-state index contributed by atoms with van der Waals surface area (Å²) in [6.07, 6.45) is 1.81. The average molecular weight is 313 g/mol. The van der Waals surface area contributed by atoms with E-state index in [0.29, 0.717) is 12.1 Å². The van der Waals surface area contributed by atoms with Gasteiger partial charge < -0.3 is 5.32 Å². The van der Waals surface area contributed by atoms with E-state index in [4.69, 9.17) is 0 Å². The van der Waals surface area contributed by atoms with Crippen molar-refractivity contribution >= 4 is 0 Å². The second kappa shape index (κ2) is 7.54. The molecule has 1 aromatic heterocycles. The Morgan fingerprint density at radius 3 is 2.46 bits per heavy atom. The van der Waals surface area contributed by atoms with E-state index in [2.05, 4.69) is 47.6 Å². The summed E-state index contributed by atoms with van der Waals surface area (Å²) < 4.78 is 0. The highest BCUT2D eigenvalue weighted by Crippen LogP contribution is 2.21. The van der Waals surface area contributed by atoms with Crippen LogP contribution in [0.4, 0.5) is 0 Å². The molecule has 3 rings (SSSR count). The lowest BCUT2D eigenvalue weighted by molar-refractivity contribution is 0.591. The Bertz CT molecular complexity index is 833. The fourth-order valence-corrected chi connectivity index (χ4v) is 2.69. The minimum atomic E-state index is -0.0152. The maximum Gasteiger partial charge on any atom is 0.0995 e. The van der Waals surface area contributed by atoms with Crippen molar-refractivity contribution in [1.29, 1.82) is 5.26 Å². The van der Waals surface area contributed by atoms with Crippen LogP contribution in [0.25, 0.3) is 0 Å². The molecule has 3 nitrogen and oxygen atoms in total. The van der Waals surface area contributed by atoms with Gasteiger partial charge in [-0.3, -0.25) is 4.98 Å². The summed E-state index contributed by atoms with van der Waals surface area (Å²) in [4.78, 5) is 4.51. The zero-order valence-electron chi connectivity index (χ0n) is 13.6. The van der Waals surface area contributed by atoms with Gasteiger partial charge in [0.1, 0.15) is 0 Å². The molecule has 1 atom stereocenters. The number of rotatable bonds is 5. The summed E-state index contributed by atoms with van der Waals surface area (Å²) in [6.45, 7) is 2.69. The molecular weight excluding hydrogens is 294 g/mol. The maximum atomic E-state index is 9.26. The number of aromatic nitrogens is 1. The minimum absolute atomic E-state index is 0.0152. The van der Waals surface area contributed by atoms with Gasteiger partial charge in [0.2, 0.25) is 0 Å². The third-order valence-corrected chi connectivity index (χ3v) is 4.03. The van der Waals surface area contributed by atoms with Gasteiger partial charge in [0.25, 0.3) is 0 Å². The van der Waals surface area contributed by atoms with Crippen LogP contribution in [-0.4, -0.2) is 4.98 Å². The summed E-state index contributed by atoms with van der Waals surface area (Å²) >= 11 is 0. The average Bonchev–Trinajstić information content (AvgIpc) is 2.64. The lowest BCUT2D eigenvalue weighted by Crippen LogP contribution is -2.23. The van der Waals surface area contributed by atoms with E-state index in [1.54, 1.807) is 6.20 Å². The van der Waals surface area contributed by atoms with Crippen molar-refractivity contribution in [3.8, 4) is 6.07 Å². The highest BCUT2D eigenvalue weighted by Gasteiger charge is 2.15. The molecule has 0 spiro atoms. The van der Waals surface area contributed by atoms with Gasteiger partial charge in [0.05, 0.1) is 23.4 Å². The fraction of sp³-hybridized carbons (Fsp3) is 0.143. The molecule has 1 unspecified atom stereocenters. The van der Waals surface area contributed by atoms with Gasteiger partial charge in [-0.25, -0.2) is 0 Å². The minimum Gasteiger partial charge on any atom is -0.301 e. The van der Waals surface area contributed by atoms with E-state index >= 15 is 0 Å². The smallest absolute Gasteiger partial charge is 0.0995 e. The Hall–Kier alpha value is -2.96. The second-order valence-electron chi connectivity index (χ2n) is 5.75. The normalized spacial score (nSPS) is 11.7. The molecule has 0 saturated carbocycles. The van der Waals surface area contributed by atoms with Crippen LogP contribution in [0.15, 0.2) is 72.9 Å². The summed E-state index contributed by atoms with van der Waals surface area (Å²) in [5.74, 6) is 0. The number of benzene rings is 2. The molecule has 0 saturated heterocycles. The molecule has 1 heterocycles. The van der Waals surface area contributed by atoms with Crippen LogP contribution in [-0.2, 0) is 6.54 Å². The lowest BCUT2D eigenvalue weighted by Gasteiger charge is -2.19. The summed E-state index contributed by atoms with van der Waals surface area (Å²) in [5.41, 5.74) is 5.06. The molecule has 3 aromatic rings. The van der Waals surface area contributed by atoms with Crippen LogP contribution in [0, 0.1) is 18.3 Å². The van der Waals surface area contributed by atoms with Gasteiger partial charge in [-0.1, -0.05) is 54.1 Å². The van der Waals surface area contributed by atoms with Crippen LogP contribution < -0.4 is 5.32 Å². The van der Waals surface area contributed by atoms with Crippen LogP contribution in [0.2, 0.25) is 0 Å². The molecule has 3 heteroatoms. The monoisotopic (exact) mass is 313 g/mol. The van der Waals surface area contributed by atoms with Crippen molar-refractivity contribution in [2.75, 3.05) is 0 Å². The van der Waals surface area contributed by atoms with Crippen molar-refractivity contribution in [3.63, 3.8) is 0 Å². The van der Waals surface area contributed by atoms with E-state index in [1.165, 1.54) is 5.56 Å². The van der Waals surface area contributed by atoms with E-state index in [0.717, 1.165) is 16.8 Å². The Morgan fingerprint density at radius 2 is 1.75 bits per heavy atom. The van der Waals surface area contributed by atoms with Crippen molar-refractivity contribution in [3.05, 3.63) is 101 Å². The van der Waals surface area contributed by atoms with Crippen LogP contribution >= 0.6 is 0 Å². The van der Waals surface area contributed by atoms with E-state index in [1.807, 2.05) is 42.5 Å². The molecule has 0 amide bonds. The first-order valence-corrected chi connectivity index (χ1v) is 7.97. The molecule has 1 N–H and O–H groups in total. The molecule has 118 valence electrons. The highest BCUT2D eigenvalue weighted by atomic mass is 14.9. The van der Waals surface area contributed by atoms with Crippen molar-refractivity contribution in [2.45, 2.75) is 19.5 Å². The van der Waals surface area contributed by atoms with Crippen molar-refractivity contribution in [2.24, 2.45) is 0 Å². The maximum absolute atomic E-state index is 9.26. The molecular formula is C21H19N3. The second-order valence-corrected chi connectivity index (χ2v) is 5.75. The number of nitriles is 1. The summed E-state index contributed by atoms with van der Waals surface area (Å²) in [6, 6.07) is 24.3. The molecule has 0 aliphatic heterocycles. The van der Waals surface area contributed by atoms with Crippen molar-refractivity contribution < 1.29 is 0 Å². The predicted octanol–water partition coefficient (Wildman–Crippen LogP) is 4.14. The molecule has 0 aliphatic carbocycles. The topological polar surface area (TPSA) is 48.7 Å². The first-order valence-electron chi connectivity index (χ1n) is 7.97. The van der Waals surface area contributed by atoms with Gasteiger partial charge in [-0.2, -0.15) is 5.26 Å². The standard InChI is InChI=1S/C21H19N3/c1-16-9-11-17(12-10-16)21(20-8-4-5-13-23-20)24-15-19-7-3-2-6-18(19)14-22/h2-13,21,24H,15H2,1H3. The number of aryl methyl sites for hydroxylation is 1. The molecule has 0 fully saturated rings. The Kier molecular flexibility index (Phi) is 5.00. The number of hydrogen-bond acceptors (Lipinski definition) is 3. The predicted molar refractivity (Wildman–Crippen MR) is 95.3 cm³/mol. The highest BCUT2D eigenvalue weighted by molar-refractivity contribution is 5.38. The summed E-state index contributed by atoms with van der Waals surface area (Å²) in [7, 11) is 0. The van der Waals surface area contributed by atoms with Gasteiger partial charge in [-0.05, 0) is 36.2 Å². The number of nitrogens with one attached hydrogen (secondary N) is 1. The van der Waals surface area contributed by atoms with Gasteiger partial charge in [-0.15, -0.1) is 0 Å². The number of hydrogen-bond donors (Lipinski definition) is 1. The van der Waals surface area contributed by atoms with Crippen LogP contribution in [0.3, 0.4) is 0 Å². The largest absolute Gasteiger partial charge is 0.301 e. The molecule has 24 heavy (non-hydrogen) atoms. The molecule has 0 radical (unpaired) electrons. The molecule has 2 aromatic carbocycles. The zero-order valence-corrected chi connectivity index (χ0v) is 13.6. The van der Waals surface area contributed by atoms with E-state index in [9.17, 15) is 5.26 Å². The third-order valence-electron chi connectivity index (χ3n) is 4.03. The Morgan fingerprint density at radius 1 is 1.00 bits per heavy atom. The fourth-order valence-electron chi connectivity index (χ4n) is 2.69. The van der Waals surface area contributed by atoms with Crippen LogP contribution in [0.5, 0.6) is 0 Å². The molecule has 0 aliphatic rings. The van der Waals surface area contributed by atoms with E-state index in [-0.39, 0.29) is 6.04 Å². The van der Waals surface area contributed by atoms with Crippen LogP contribution in [0.1, 0.15) is 34.0 Å². The van der Waals surface area contributed by atoms with E-state index < -0.39 is 0 Å². The first kappa shape index (κ1) is 15.9. The van der Waals surface area contributed by atoms with Crippen molar-refractivity contribution in [1.82, 2.24) is 10.3 Å². The lowest BCUT2D eigenvalue weighted by atomic mass is 10.0. The van der Waals surface area contributed by atoms with Gasteiger partial charge >= 0.3 is 0 Å². The van der Waals surface area contributed by atoms with Gasteiger partial charge in [0, 0.05) is 12.7 Å². The zero-order chi connectivity index (χ0) is 16.8. The number of pyridine rings is 1. The summed E-state index contributed by atoms with van der Waals surface area (Å²) in [5, 5.41) is 12.8. The SMILES string of the molecule is Cc1ccc(C(NCc2ccccc2C#N)c2ccccn2)cc1. The van der Waals surface area contributed by atoms with Gasteiger partial charge in [0.15, 0.2) is 0 Å². The third kappa shape index (κ3) is 3.68. The Labute approximate surface area is 142 Å².